The average molecular weight is 165 g/mol. The van der Waals surface area contributed by atoms with Crippen LogP contribution in [0.2, 0.25) is 0 Å². The highest BCUT2D eigenvalue weighted by atomic mass is 16.1. The first-order valence-electron chi connectivity index (χ1n) is 4.42. The SMILES string of the molecule is C#CCCCC(=O)C1(CN)CC1. The van der Waals surface area contributed by atoms with Crippen LogP contribution >= 0.6 is 0 Å². The van der Waals surface area contributed by atoms with Crippen molar-refractivity contribution in [2.45, 2.75) is 32.1 Å². The molecule has 0 spiro atoms. The summed E-state index contributed by atoms with van der Waals surface area (Å²) in [5.74, 6) is 2.85. The first-order chi connectivity index (χ1) is 5.75. The number of carbonyl (C=O) groups is 1. The highest BCUT2D eigenvalue weighted by molar-refractivity contribution is 5.87. The van der Waals surface area contributed by atoms with Gasteiger partial charge in [0.25, 0.3) is 0 Å². The van der Waals surface area contributed by atoms with Gasteiger partial charge in [-0.25, -0.2) is 0 Å². The molecule has 1 aliphatic carbocycles. The second-order valence-electron chi connectivity index (χ2n) is 3.47. The molecular formula is C10H15NO. The van der Waals surface area contributed by atoms with E-state index in [1.807, 2.05) is 0 Å². The Bertz CT molecular complexity index is 210. The molecule has 0 aromatic heterocycles. The summed E-state index contributed by atoms with van der Waals surface area (Å²) >= 11 is 0. The van der Waals surface area contributed by atoms with Crippen LogP contribution in [0.3, 0.4) is 0 Å². The summed E-state index contributed by atoms with van der Waals surface area (Å²) in [4.78, 5) is 11.5. The van der Waals surface area contributed by atoms with Gasteiger partial charge in [0.15, 0.2) is 0 Å². The van der Waals surface area contributed by atoms with Gasteiger partial charge in [-0.2, -0.15) is 0 Å². The van der Waals surface area contributed by atoms with Gasteiger partial charge in [0.1, 0.15) is 5.78 Å². The zero-order chi connectivity index (χ0) is 9.03. The van der Waals surface area contributed by atoms with Crippen molar-refractivity contribution in [1.29, 1.82) is 0 Å². The quantitative estimate of drug-likeness (QED) is 0.489. The normalized spacial score (nSPS) is 18.3. The smallest absolute Gasteiger partial charge is 0.140 e. The maximum absolute atomic E-state index is 11.5. The lowest BCUT2D eigenvalue weighted by Crippen LogP contribution is -2.24. The summed E-state index contributed by atoms with van der Waals surface area (Å²) in [6.45, 7) is 0.516. The minimum absolute atomic E-state index is 0.130. The molecule has 0 unspecified atom stereocenters. The number of carbonyl (C=O) groups excluding carboxylic acids is 1. The van der Waals surface area contributed by atoms with Gasteiger partial charge in [0.2, 0.25) is 0 Å². The van der Waals surface area contributed by atoms with Gasteiger partial charge in [-0.05, 0) is 19.3 Å². The molecule has 0 atom stereocenters. The molecule has 0 heterocycles. The zero-order valence-electron chi connectivity index (χ0n) is 7.31. The van der Waals surface area contributed by atoms with Crippen LogP contribution in [0.5, 0.6) is 0 Å². The van der Waals surface area contributed by atoms with E-state index in [0.717, 1.165) is 19.3 Å². The summed E-state index contributed by atoms with van der Waals surface area (Å²) in [7, 11) is 0. The van der Waals surface area contributed by atoms with Crippen LogP contribution < -0.4 is 5.73 Å². The highest BCUT2D eigenvalue weighted by Gasteiger charge is 2.47. The largest absolute Gasteiger partial charge is 0.329 e. The van der Waals surface area contributed by atoms with Crippen molar-refractivity contribution < 1.29 is 4.79 Å². The van der Waals surface area contributed by atoms with Crippen molar-refractivity contribution in [3.63, 3.8) is 0 Å². The van der Waals surface area contributed by atoms with Crippen LogP contribution in [0.15, 0.2) is 0 Å². The summed E-state index contributed by atoms with van der Waals surface area (Å²) in [6, 6.07) is 0. The minimum atomic E-state index is -0.130. The molecule has 12 heavy (non-hydrogen) atoms. The molecule has 1 rings (SSSR count). The Balaban J connectivity index is 2.25. The lowest BCUT2D eigenvalue weighted by atomic mass is 9.97. The number of nitrogens with two attached hydrogens (primary N) is 1. The standard InChI is InChI=1S/C10H15NO/c1-2-3-4-5-9(12)10(8-11)6-7-10/h1H,3-8,11H2. The topological polar surface area (TPSA) is 43.1 Å². The maximum atomic E-state index is 11.5. The van der Waals surface area contributed by atoms with E-state index in [-0.39, 0.29) is 5.41 Å². The summed E-state index contributed by atoms with van der Waals surface area (Å²) < 4.78 is 0. The number of Topliss-reactive ketones (excluding diaryl/α,β-unsaturated/α-hetero) is 1. The Morgan fingerprint density at radius 1 is 1.58 bits per heavy atom. The fraction of sp³-hybridized carbons (Fsp3) is 0.700. The molecule has 1 fully saturated rings. The lowest BCUT2D eigenvalue weighted by molar-refractivity contribution is -0.123. The molecule has 1 aliphatic rings. The van der Waals surface area contributed by atoms with Crippen LogP contribution in [0.1, 0.15) is 32.1 Å². The number of rotatable bonds is 5. The van der Waals surface area contributed by atoms with Gasteiger partial charge in [0, 0.05) is 24.8 Å². The lowest BCUT2D eigenvalue weighted by Gasteiger charge is -2.09. The molecule has 2 nitrogen and oxygen atoms in total. The fourth-order valence-corrected chi connectivity index (χ4v) is 1.36. The predicted molar refractivity (Wildman–Crippen MR) is 48.4 cm³/mol. The Hall–Kier alpha value is -0.810. The van der Waals surface area contributed by atoms with Crippen molar-refractivity contribution in [3.8, 4) is 12.3 Å². The number of terminal acetylenes is 1. The van der Waals surface area contributed by atoms with Crippen LogP contribution in [-0.4, -0.2) is 12.3 Å². The van der Waals surface area contributed by atoms with Crippen molar-refractivity contribution >= 4 is 5.78 Å². The highest BCUT2D eigenvalue weighted by Crippen LogP contribution is 2.46. The Morgan fingerprint density at radius 2 is 2.25 bits per heavy atom. The van der Waals surface area contributed by atoms with Crippen LogP contribution in [0.25, 0.3) is 0 Å². The molecule has 0 aliphatic heterocycles. The summed E-state index contributed by atoms with van der Waals surface area (Å²) in [6.07, 6.45) is 9.18. The van der Waals surface area contributed by atoms with Crippen LogP contribution in [0.4, 0.5) is 0 Å². The molecule has 0 amide bonds. The second-order valence-corrected chi connectivity index (χ2v) is 3.47. The monoisotopic (exact) mass is 165 g/mol. The van der Waals surface area contributed by atoms with Crippen molar-refractivity contribution in [2.24, 2.45) is 11.1 Å². The number of hydrogen-bond donors (Lipinski definition) is 1. The predicted octanol–water partition coefficient (Wildman–Crippen LogP) is 1.10. The van der Waals surface area contributed by atoms with E-state index in [0.29, 0.717) is 25.2 Å². The number of ketones is 1. The van der Waals surface area contributed by atoms with E-state index in [4.69, 9.17) is 12.2 Å². The third-order valence-electron chi connectivity index (χ3n) is 2.56. The second kappa shape index (κ2) is 3.73. The molecule has 2 N–H and O–H groups in total. The number of hydrogen-bond acceptors (Lipinski definition) is 2. The molecule has 0 aromatic carbocycles. The Morgan fingerprint density at radius 3 is 2.67 bits per heavy atom. The van der Waals surface area contributed by atoms with Crippen LogP contribution in [-0.2, 0) is 4.79 Å². The molecule has 0 saturated heterocycles. The Labute approximate surface area is 73.5 Å². The van der Waals surface area contributed by atoms with Gasteiger partial charge in [-0.1, -0.05) is 0 Å². The first kappa shape index (κ1) is 9.28. The summed E-state index contributed by atoms with van der Waals surface area (Å²) in [5.41, 5.74) is 5.38. The van der Waals surface area contributed by atoms with E-state index in [9.17, 15) is 4.79 Å². The Kier molecular flexibility index (Phi) is 2.88. The van der Waals surface area contributed by atoms with Gasteiger partial charge < -0.3 is 5.73 Å². The number of unbranched alkanes of at least 4 members (excludes halogenated alkanes) is 1. The fourth-order valence-electron chi connectivity index (χ4n) is 1.36. The van der Waals surface area contributed by atoms with Gasteiger partial charge in [-0.3, -0.25) is 4.79 Å². The first-order valence-corrected chi connectivity index (χ1v) is 4.42. The summed E-state index contributed by atoms with van der Waals surface area (Å²) in [5, 5.41) is 0. The molecule has 1 saturated carbocycles. The molecular weight excluding hydrogens is 150 g/mol. The third-order valence-corrected chi connectivity index (χ3v) is 2.56. The van der Waals surface area contributed by atoms with E-state index < -0.39 is 0 Å². The molecule has 0 radical (unpaired) electrons. The third kappa shape index (κ3) is 1.86. The van der Waals surface area contributed by atoms with E-state index in [2.05, 4.69) is 5.92 Å². The van der Waals surface area contributed by atoms with Crippen molar-refractivity contribution in [1.82, 2.24) is 0 Å². The van der Waals surface area contributed by atoms with Gasteiger partial charge in [0.05, 0.1) is 0 Å². The molecule has 0 bridgehead atoms. The molecule has 66 valence electrons. The molecule has 2 heteroatoms. The van der Waals surface area contributed by atoms with Crippen molar-refractivity contribution in [2.75, 3.05) is 6.54 Å². The zero-order valence-corrected chi connectivity index (χ0v) is 7.31. The maximum Gasteiger partial charge on any atom is 0.140 e. The van der Waals surface area contributed by atoms with E-state index in [1.165, 1.54) is 0 Å². The molecule has 0 aromatic rings. The van der Waals surface area contributed by atoms with E-state index >= 15 is 0 Å². The minimum Gasteiger partial charge on any atom is -0.329 e. The van der Waals surface area contributed by atoms with E-state index in [1.54, 1.807) is 0 Å². The average Bonchev–Trinajstić information content (AvgIpc) is 2.85. The van der Waals surface area contributed by atoms with Gasteiger partial charge in [-0.15, -0.1) is 12.3 Å². The van der Waals surface area contributed by atoms with Gasteiger partial charge >= 0.3 is 0 Å². The van der Waals surface area contributed by atoms with Crippen molar-refractivity contribution in [3.05, 3.63) is 0 Å². The van der Waals surface area contributed by atoms with Crippen LogP contribution in [0, 0.1) is 17.8 Å².